The molecule has 1 aliphatic heterocycles. The van der Waals surface area contributed by atoms with Gasteiger partial charge in [0.15, 0.2) is 0 Å². The van der Waals surface area contributed by atoms with Gasteiger partial charge in [-0.2, -0.15) is 0 Å². The van der Waals surface area contributed by atoms with E-state index in [1.165, 1.54) is 12.8 Å². The Labute approximate surface area is 130 Å². The summed E-state index contributed by atoms with van der Waals surface area (Å²) in [5.74, 6) is 0.783. The third kappa shape index (κ3) is 3.31. The number of nitrogens with one attached hydrogen (secondary N) is 1. The molecule has 120 valence electrons. The number of fused-ring (bicyclic) bond motifs is 1. The van der Waals surface area contributed by atoms with Crippen LogP contribution in [0.1, 0.15) is 50.8 Å². The van der Waals surface area contributed by atoms with Crippen LogP contribution in [-0.2, 0) is 16.1 Å². The fraction of sp³-hybridized carbons (Fsp3) is 0.688. The zero-order chi connectivity index (χ0) is 15.5. The summed E-state index contributed by atoms with van der Waals surface area (Å²) in [6, 6.07) is -0.351. The van der Waals surface area contributed by atoms with Crippen LogP contribution in [0.2, 0.25) is 0 Å². The summed E-state index contributed by atoms with van der Waals surface area (Å²) < 4.78 is 1.91. The molecular weight excluding hydrogens is 280 g/mol. The maximum Gasteiger partial charge on any atom is 0.244 e. The van der Waals surface area contributed by atoms with Crippen molar-refractivity contribution in [3.05, 3.63) is 18.2 Å². The third-order valence-corrected chi connectivity index (χ3v) is 4.49. The molecule has 0 aromatic carbocycles. The molecule has 0 unspecified atom stereocenters. The fourth-order valence-electron chi connectivity index (χ4n) is 2.86. The van der Waals surface area contributed by atoms with Crippen LogP contribution in [0.15, 0.2) is 12.5 Å². The molecule has 1 aromatic heterocycles. The fourth-order valence-corrected chi connectivity index (χ4v) is 2.86. The lowest BCUT2D eigenvalue weighted by atomic mass is 10.1. The van der Waals surface area contributed by atoms with Crippen LogP contribution in [0.5, 0.6) is 0 Å². The quantitative estimate of drug-likeness (QED) is 0.865. The molecule has 3 rings (SSSR count). The largest absolute Gasteiger partial charge is 0.354 e. The number of rotatable bonds is 6. The van der Waals surface area contributed by atoms with Gasteiger partial charge in [-0.15, -0.1) is 0 Å². The highest BCUT2D eigenvalue weighted by atomic mass is 16.2. The van der Waals surface area contributed by atoms with Crippen molar-refractivity contribution in [2.45, 2.75) is 51.6 Å². The van der Waals surface area contributed by atoms with E-state index in [0.717, 1.165) is 25.1 Å². The lowest BCUT2D eigenvalue weighted by Gasteiger charge is -2.33. The van der Waals surface area contributed by atoms with Gasteiger partial charge in [-0.25, -0.2) is 4.98 Å². The Morgan fingerprint density at radius 1 is 1.41 bits per heavy atom. The summed E-state index contributed by atoms with van der Waals surface area (Å²) in [7, 11) is 0. The number of hydrogen-bond donors (Lipinski definition) is 1. The van der Waals surface area contributed by atoms with Gasteiger partial charge in [0.25, 0.3) is 0 Å². The molecule has 2 aliphatic rings. The third-order valence-electron chi connectivity index (χ3n) is 4.49. The van der Waals surface area contributed by atoms with Crippen molar-refractivity contribution in [1.82, 2.24) is 19.8 Å². The first kappa shape index (κ1) is 15.1. The Balaban J connectivity index is 1.68. The SMILES string of the molecule is CCCCC(=O)N1Cc2cncn2[C@H](C(=O)NCC2CC2)C1. The van der Waals surface area contributed by atoms with Gasteiger partial charge < -0.3 is 14.8 Å². The Bertz CT molecular complexity index is 550. The van der Waals surface area contributed by atoms with Crippen molar-refractivity contribution < 1.29 is 9.59 Å². The molecule has 22 heavy (non-hydrogen) atoms. The Kier molecular flexibility index (Phi) is 4.45. The van der Waals surface area contributed by atoms with Crippen molar-refractivity contribution in [2.24, 2.45) is 5.92 Å². The summed E-state index contributed by atoms with van der Waals surface area (Å²) in [4.78, 5) is 30.7. The van der Waals surface area contributed by atoms with Gasteiger partial charge in [-0.05, 0) is 25.2 Å². The number of unbranched alkanes of at least 4 members (excludes halogenated alkanes) is 1. The second kappa shape index (κ2) is 6.50. The first-order valence-electron chi connectivity index (χ1n) is 8.25. The highest BCUT2D eigenvalue weighted by Crippen LogP contribution is 2.28. The average molecular weight is 304 g/mol. The number of imidazole rings is 1. The highest BCUT2D eigenvalue weighted by Gasteiger charge is 2.33. The minimum atomic E-state index is -0.351. The lowest BCUT2D eigenvalue weighted by Crippen LogP contribution is -2.46. The van der Waals surface area contributed by atoms with Crippen molar-refractivity contribution >= 4 is 11.8 Å². The van der Waals surface area contributed by atoms with Gasteiger partial charge in [0.2, 0.25) is 11.8 Å². The molecule has 1 fully saturated rings. The topological polar surface area (TPSA) is 67.2 Å². The molecule has 0 bridgehead atoms. The molecule has 1 saturated carbocycles. The van der Waals surface area contributed by atoms with E-state index in [0.29, 0.717) is 25.4 Å². The van der Waals surface area contributed by atoms with E-state index < -0.39 is 0 Å². The molecular formula is C16H24N4O2. The van der Waals surface area contributed by atoms with E-state index in [9.17, 15) is 9.59 Å². The summed E-state index contributed by atoms with van der Waals surface area (Å²) >= 11 is 0. The summed E-state index contributed by atoms with van der Waals surface area (Å²) in [6.07, 6.45) is 8.33. The zero-order valence-electron chi connectivity index (χ0n) is 13.1. The lowest BCUT2D eigenvalue weighted by molar-refractivity contribution is -0.135. The molecule has 6 nitrogen and oxygen atoms in total. The van der Waals surface area contributed by atoms with Crippen molar-refractivity contribution in [2.75, 3.05) is 13.1 Å². The number of amides is 2. The van der Waals surface area contributed by atoms with E-state index in [1.807, 2.05) is 4.57 Å². The molecule has 0 spiro atoms. The van der Waals surface area contributed by atoms with Crippen LogP contribution < -0.4 is 5.32 Å². The first-order valence-corrected chi connectivity index (χ1v) is 8.25. The number of hydrogen-bond acceptors (Lipinski definition) is 3. The zero-order valence-corrected chi connectivity index (χ0v) is 13.1. The van der Waals surface area contributed by atoms with Crippen LogP contribution in [0.3, 0.4) is 0 Å². The summed E-state index contributed by atoms with van der Waals surface area (Å²) in [5, 5.41) is 3.02. The molecule has 0 saturated heterocycles. The molecule has 6 heteroatoms. The van der Waals surface area contributed by atoms with E-state index in [1.54, 1.807) is 17.4 Å². The predicted molar refractivity (Wildman–Crippen MR) is 81.9 cm³/mol. The second-order valence-electron chi connectivity index (χ2n) is 6.37. The number of carbonyl (C=O) groups is 2. The highest BCUT2D eigenvalue weighted by molar-refractivity contribution is 5.83. The summed E-state index contributed by atoms with van der Waals surface area (Å²) in [5.41, 5.74) is 0.933. The molecule has 1 aromatic rings. The molecule has 2 amide bonds. The minimum Gasteiger partial charge on any atom is -0.354 e. The van der Waals surface area contributed by atoms with Gasteiger partial charge in [-0.1, -0.05) is 13.3 Å². The van der Waals surface area contributed by atoms with E-state index >= 15 is 0 Å². The summed E-state index contributed by atoms with van der Waals surface area (Å²) in [6.45, 7) is 3.83. The van der Waals surface area contributed by atoms with Crippen molar-refractivity contribution in [3.8, 4) is 0 Å². The monoisotopic (exact) mass is 304 g/mol. The average Bonchev–Trinajstić information content (AvgIpc) is 3.24. The number of nitrogens with zero attached hydrogens (tertiary/aromatic N) is 3. The van der Waals surface area contributed by atoms with Crippen LogP contribution in [0.4, 0.5) is 0 Å². The van der Waals surface area contributed by atoms with E-state index in [4.69, 9.17) is 0 Å². The first-order chi connectivity index (χ1) is 10.7. The van der Waals surface area contributed by atoms with Gasteiger partial charge in [0.1, 0.15) is 6.04 Å². The normalized spacial score (nSPS) is 20.6. The standard InChI is InChI=1S/C16H24N4O2/c1-2-3-4-15(21)19-9-13-8-17-11-20(13)14(10-19)16(22)18-7-12-5-6-12/h8,11-12,14H,2-7,9-10H2,1H3,(H,18,22)/t14-/m0/s1. The molecule has 2 heterocycles. The number of aromatic nitrogens is 2. The van der Waals surface area contributed by atoms with E-state index in [-0.39, 0.29) is 17.9 Å². The smallest absolute Gasteiger partial charge is 0.244 e. The molecule has 1 atom stereocenters. The Morgan fingerprint density at radius 3 is 2.95 bits per heavy atom. The van der Waals surface area contributed by atoms with Gasteiger partial charge in [0.05, 0.1) is 25.1 Å². The van der Waals surface area contributed by atoms with Crippen LogP contribution >= 0.6 is 0 Å². The van der Waals surface area contributed by atoms with Gasteiger partial charge in [0, 0.05) is 19.2 Å². The van der Waals surface area contributed by atoms with Gasteiger partial charge >= 0.3 is 0 Å². The van der Waals surface area contributed by atoms with Gasteiger partial charge in [-0.3, -0.25) is 9.59 Å². The maximum atomic E-state index is 12.5. The van der Waals surface area contributed by atoms with Crippen molar-refractivity contribution in [3.63, 3.8) is 0 Å². The van der Waals surface area contributed by atoms with Crippen LogP contribution in [0, 0.1) is 5.92 Å². The molecule has 0 radical (unpaired) electrons. The minimum absolute atomic E-state index is 0.000795. The Morgan fingerprint density at radius 2 is 2.23 bits per heavy atom. The van der Waals surface area contributed by atoms with Crippen molar-refractivity contribution in [1.29, 1.82) is 0 Å². The van der Waals surface area contributed by atoms with Crippen LogP contribution in [-0.4, -0.2) is 39.4 Å². The molecule has 1 N–H and O–H groups in total. The number of carbonyl (C=O) groups excluding carboxylic acids is 2. The molecule has 1 aliphatic carbocycles. The predicted octanol–water partition coefficient (Wildman–Crippen LogP) is 1.48. The van der Waals surface area contributed by atoms with Crippen LogP contribution in [0.25, 0.3) is 0 Å². The second-order valence-corrected chi connectivity index (χ2v) is 6.37. The van der Waals surface area contributed by atoms with E-state index in [2.05, 4.69) is 17.2 Å². The Hall–Kier alpha value is -1.85. The maximum absolute atomic E-state index is 12.5.